The van der Waals surface area contributed by atoms with Crippen LogP contribution in [0.5, 0.6) is 0 Å². The van der Waals surface area contributed by atoms with Crippen molar-refractivity contribution in [2.24, 2.45) is 0 Å². The quantitative estimate of drug-likeness (QED) is 0.411. The highest BCUT2D eigenvalue weighted by atomic mass is 32.1. The molecule has 0 aliphatic heterocycles. The summed E-state index contributed by atoms with van der Waals surface area (Å²) in [5.41, 5.74) is 5.35. The van der Waals surface area contributed by atoms with Crippen LogP contribution < -0.4 is 0 Å². The first kappa shape index (κ1) is 14.8. The maximum atomic E-state index is 12.4. The van der Waals surface area contributed by atoms with Crippen molar-refractivity contribution in [2.75, 3.05) is 6.61 Å². The van der Waals surface area contributed by atoms with Gasteiger partial charge in [0.25, 0.3) is 0 Å². The zero-order valence-corrected chi connectivity index (χ0v) is 13.6. The predicted molar refractivity (Wildman–Crippen MR) is 93.6 cm³/mol. The average molecular weight is 334 g/mol. The minimum absolute atomic E-state index is 0.188. The summed E-state index contributed by atoms with van der Waals surface area (Å²) in [6.07, 6.45) is 0.896. The second-order valence-corrected chi connectivity index (χ2v) is 6.63. The Kier molecular flexibility index (Phi) is 3.75. The SMILES string of the molecule is O=C(COC(=O)c1cccs1)c1ccc2c(c1)-c1ccccc1C2. The summed E-state index contributed by atoms with van der Waals surface area (Å²) in [4.78, 5) is 24.7. The Morgan fingerprint density at radius 3 is 2.62 bits per heavy atom. The number of rotatable bonds is 4. The largest absolute Gasteiger partial charge is 0.453 e. The maximum absolute atomic E-state index is 12.4. The van der Waals surface area contributed by atoms with E-state index in [4.69, 9.17) is 4.74 Å². The van der Waals surface area contributed by atoms with Crippen molar-refractivity contribution in [3.05, 3.63) is 81.5 Å². The van der Waals surface area contributed by atoms with E-state index >= 15 is 0 Å². The summed E-state index contributed by atoms with van der Waals surface area (Å²) < 4.78 is 5.11. The molecule has 0 N–H and O–H groups in total. The van der Waals surface area contributed by atoms with Crippen molar-refractivity contribution < 1.29 is 14.3 Å². The third-order valence-electron chi connectivity index (χ3n) is 4.18. The molecule has 118 valence electrons. The maximum Gasteiger partial charge on any atom is 0.348 e. The normalized spacial score (nSPS) is 11.7. The van der Waals surface area contributed by atoms with E-state index in [9.17, 15) is 9.59 Å². The molecular formula is C20H14O3S. The number of esters is 1. The fourth-order valence-electron chi connectivity index (χ4n) is 2.98. The molecule has 4 rings (SSSR count). The second-order valence-electron chi connectivity index (χ2n) is 5.68. The lowest BCUT2D eigenvalue weighted by atomic mass is 10.0. The van der Waals surface area contributed by atoms with Gasteiger partial charge in [0.1, 0.15) is 4.88 Å². The van der Waals surface area contributed by atoms with E-state index in [1.165, 1.54) is 28.0 Å². The molecule has 0 fully saturated rings. The summed E-state index contributed by atoms with van der Waals surface area (Å²) in [6.45, 7) is -0.239. The van der Waals surface area contributed by atoms with Gasteiger partial charge in [-0.1, -0.05) is 42.5 Å². The minimum Gasteiger partial charge on any atom is -0.453 e. The Morgan fingerprint density at radius 1 is 0.958 bits per heavy atom. The smallest absolute Gasteiger partial charge is 0.348 e. The summed E-state index contributed by atoms with van der Waals surface area (Å²) in [5, 5.41) is 1.80. The molecule has 3 nitrogen and oxygen atoms in total. The molecule has 1 aliphatic rings. The first-order chi connectivity index (χ1) is 11.7. The van der Waals surface area contributed by atoms with E-state index in [1.54, 1.807) is 17.5 Å². The van der Waals surface area contributed by atoms with Crippen LogP contribution in [-0.4, -0.2) is 18.4 Å². The monoisotopic (exact) mass is 334 g/mol. The molecule has 1 aliphatic carbocycles. The Morgan fingerprint density at radius 2 is 1.79 bits per heavy atom. The minimum atomic E-state index is -0.454. The van der Waals surface area contributed by atoms with E-state index in [2.05, 4.69) is 12.1 Å². The zero-order valence-electron chi connectivity index (χ0n) is 12.8. The van der Waals surface area contributed by atoms with Gasteiger partial charge >= 0.3 is 5.97 Å². The van der Waals surface area contributed by atoms with Gasteiger partial charge in [-0.15, -0.1) is 11.3 Å². The molecule has 1 heterocycles. The topological polar surface area (TPSA) is 43.4 Å². The number of hydrogen-bond acceptors (Lipinski definition) is 4. The number of hydrogen-bond donors (Lipinski definition) is 0. The zero-order chi connectivity index (χ0) is 16.5. The molecule has 0 radical (unpaired) electrons. The number of carbonyl (C=O) groups is 2. The number of Topliss-reactive ketones (excluding diaryl/α,β-unsaturated/α-hetero) is 1. The van der Waals surface area contributed by atoms with Gasteiger partial charge < -0.3 is 4.74 Å². The van der Waals surface area contributed by atoms with Gasteiger partial charge in [-0.05, 0) is 46.2 Å². The second kappa shape index (κ2) is 6.06. The number of ether oxygens (including phenoxy) is 1. The fraction of sp³-hybridized carbons (Fsp3) is 0.100. The van der Waals surface area contributed by atoms with Crippen LogP contribution in [0, 0.1) is 0 Å². The molecule has 3 aromatic rings. The molecule has 2 aromatic carbocycles. The van der Waals surface area contributed by atoms with Gasteiger partial charge in [0, 0.05) is 5.56 Å². The number of thiophene rings is 1. The number of ketones is 1. The highest BCUT2D eigenvalue weighted by Gasteiger charge is 2.20. The lowest BCUT2D eigenvalue weighted by Crippen LogP contribution is -2.13. The molecule has 0 saturated carbocycles. The lowest BCUT2D eigenvalue weighted by Gasteiger charge is -2.06. The third-order valence-corrected chi connectivity index (χ3v) is 5.03. The van der Waals surface area contributed by atoms with Crippen LogP contribution in [0.1, 0.15) is 31.2 Å². The molecule has 0 saturated heterocycles. The highest BCUT2D eigenvalue weighted by Crippen LogP contribution is 2.36. The van der Waals surface area contributed by atoms with Crippen LogP contribution in [0.3, 0.4) is 0 Å². The van der Waals surface area contributed by atoms with E-state index in [0.29, 0.717) is 10.4 Å². The molecule has 0 bridgehead atoms. The van der Waals surface area contributed by atoms with E-state index in [1.807, 2.05) is 30.3 Å². The van der Waals surface area contributed by atoms with E-state index in [-0.39, 0.29) is 12.4 Å². The van der Waals surface area contributed by atoms with Crippen molar-refractivity contribution in [1.82, 2.24) is 0 Å². The van der Waals surface area contributed by atoms with Crippen molar-refractivity contribution in [3.63, 3.8) is 0 Å². The molecule has 0 atom stereocenters. The molecule has 24 heavy (non-hydrogen) atoms. The van der Waals surface area contributed by atoms with Crippen molar-refractivity contribution in [2.45, 2.75) is 6.42 Å². The highest BCUT2D eigenvalue weighted by molar-refractivity contribution is 7.11. The van der Waals surface area contributed by atoms with Crippen molar-refractivity contribution in [3.8, 4) is 11.1 Å². The fourth-order valence-corrected chi connectivity index (χ4v) is 3.59. The predicted octanol–water partition coefficient (Wildman–Crippen LogP) is 4.36. The van der Waals surface area contributed by atoms with Crippen LogP contribution in [0.15, 0.2) is 60.0 Å². The van der Waals surface area contributed by atoms with Crippen molar-refractivity contribution in [1.29, 1.82) is 0 Å². The Bertz CT molecular complexity index is 926. The molecule has 0 unspecified atom stereocenters. The first-order valence-corrected chi connectivity index (χ1v) is 8.55. The Labute approximate surface area is 143 Å². The van der Waals surface area contributed by atoms with Crippen molar-refractivity contribution >= 4 is 23.1 Å². The third kappa shape index (κ3) is 2.65. The van der Waals surface area contributed by atoms with Crippen LogP contribution in [0.25, 0.3) is 11.1 Å². The number of benzene rings is 2. The summed E-state index contributed by atoms with van der Waals surface area (Å²) in [5.74, 6) is -0.642. The van der Waals surface area contributed by atoms with E-state index < -0.39 is 5.97 Å². The van der Waals surface area contributed by atoms with Gasteiger partial charge in [0.2, 0.25) is 0 Å². The number of carbonyl (C=O) groups excluding carboxylic acids is 2. The standard InChI is InChI=1S/C20H14O3S/c21-18(12-23-20(22)19-6-3-9-24-19)15-8-7-14-10-13-4-1-2-5-16(13)17(14)11-15/h1-9,11H,10,12H2. The van der Waals surface area contributed by atoms with Gasteiger partial charge in [-0.25, -0.2) is 4.79 Å². The molecule has 4 heteroatoms. The van der Waals surface area contributed by atoms with Gasteiger partial charge in [0.15, 0.2) is 12.4 Å². The molecule has 0 amide bonds. The molecule has 0 spiro atoms. The first-order valence-electron chi connectivity index (χ1n) is 7.67. The van der Waals surface area contributed by atoms with Gasteiger partial charge in [0.05, 0.1) is 0 Å². The average Bonchev–Trinajstić information content (AvgIpc) is 3.26. The van der Waals surface area contributed by atoms with E-state index in [0.717, 1.165) is 12.0 Å². The Hall–Kier alpha value is -2.72. The number of fused-ring (bicyclic) bond motifs is 3. The van der Waals surface area contributed by atoms with Gasteiger partial charge in [-0.2, -0.15) is 0 Å². The van der Waals surface area contributed by atoms with Gasteiger partial charge in [-0.3, -0.25) is 4.79 Å². The molecule has 1 aromatic heterocycles. The Balaban J connectivity index is 1.52. The molecular weight excluding hydrogens is 320 g/mol. The van der Waals surface area contributed by atoms with Crippen LogP contribution >= 0.6 is 11.3 Å². The summed E-state index contributed by atoms with van der Waals surface area (Å²) in [7, 11) is 0. The summed E-state index contributed by atoms with van der Waals surface area (Å²) >= 11 is 1.30. The van der Waals surface area contributed by atoms with Crippen LogP contribution in [0.4, 0.5) is 0 Å². The lowest BCUT2D eigenvalue weighted by molar-refractivity contribution is 0.0479. The summed E-state index contributed by atoms with van der Waals surface area (Å²) in [6, 6.07) is 17.4. The van der Waals surface area contributed by atoms with Crippen LogP contribution in [0.2, 0.25) is 0 Å². The van der Waals surface area contributed by atoms with Crippen LogP contribution in [-0.2, 0) is 11.2 Å².